The second kappa shape index (κ2) is 8.90. The Morgan fingerprint density at radius 2 is 2.13 bits per heavy atom. The lowest BCUT2D eigenvalue weighted by Gasteiger charge is -2.14. The predicted octanol–water partition coefficient (Wildman–Crippen LogP) is 4.58. The minimum Gasteiger partial charge on any atom is -0.497 e. The van der Waals surface area contributed by atoms with Gasteiger partial charge in [0.25, 0.3) is 0 Å². The largest absolute Gasteiger partial charge is 0.497 e. The molecule has 0 bridgehead atoms. The fraction of sp³-hybridized carbons (Fsp3) is 0.500. The first-order chi connectivity index (χ1) is 11.2. The summed E-state index contributed by atoms with van der Waals surface area (Å²) in [6.45, 7) is 2.14. The molecule has 126 valence electrons. The van der Waals surface area contributed by atoms with E-state index in [1.165, 1.54) is 11.1 Å². The maximum Gasteiger partial charge on any atom is 0.119 e. The Balaban J connectivity index is 1.84. The Kier molecular flexibility index (Phi) is 6.87. The average molecular weight is 316 g/mol. The molecule has 2 rings (SSSR count). The van der Waals surface area contributed by atoms with Gasteiger partial charge in [-0.2, -0.15) is 0 Å². The molecule has 1 aromatic rings. The molecule has 3 nitrogen and oxygen atoms in total. The number of aliphatic hydroxyl groups is 1. The van der Waals surface area contributed by atoms with E-state index in [-0.39, 0.29) is 12.2 Å². The van der Waals surface area contributed by atoms with Gasteiger partial charge in [-0.3, -0.25) is 0 Å². The van der Waals surface area contributed by atoms with Gasteiger partial charge in [0, 0.05) is 7.11 Å². The first kappa shape index (κ1) is 17.8. The van der Waals surface area contributed by atoms with E-state index in [1.54, 1.807) is 14.2 Å². The summed E-state index contributed by atoms with van der Waals surface area (Å²) in [7, 11) is 3.41. The number of ether oxygens (including phenoxy) is 2. The quantitative estimate of drug-likeness (QED) is 0.713. The number of hydrogen-bond donors (Lipinski definition) is 1. The Morgan fingerprint density at radius 1 is 1.30 bits per heavy atom. The highest BCUT2D eigenvalue weighted by Gasteiger charge is 2.19. The number of allylic oxidation sites excluding steroid dienone is 2. The number of rotatable bonds is 8. The summed E-state index contributed by atoms with van der Waals surface area (Å²) in [5, 5.41) is 9.93. The van der Waals surface area contributed by atoms with Gasteiger partial charge in [-0.15, -0.1) is 0 Å². The topological polar surface area (TPSA) is 38.7 Å². The van der Waals surface area contributed by atoms with Crippen molar-refractivity contribution in [1.29, 1.82) is 0 Å². The van der Waals surface area contributed by atoms with E-state index >= 15 is 0 Å². The van der Waals surface area contributed by atoms with Gasteiger partial charge in [0.15, 0.2) is 0 Å². The third kappa shape index (κ3) is 4.95. The number of hydrogen-bond acceptors (Lipinski definition) is 3. The molecule has 1 N–H and O–H groups in total. The van der Waals surface area contributed by atoms with Crippen molar-refractivity contribution in [3.8, 4) is 5.75 Å². The van der Waals surface area contributed by atoms with Crippen molar-refractivity contribution in [3.63, 3.8) is 0 Å². The number of aliphatic hydroxyl groups excluding tert-OH is 1. The summed E-state index contributed by atoms with van der Waals surface area (Å²) in [5.74, 6) is 0.853. The van der Waals surface area contributed by atoms with Crippen molar-refractivity contribution in [2.24, 2.45) is 0 Å². The van der Waals surface area contributed by atoms with Gasteiger partial charge < -0.3 is 14.6 Å². The molecule has 2 unspecified atom stereocenters. The minimum atomic E-state index is -0.216. The molecule has 0 fully saturated rings. The highest BCUT2D eigenvalue weighted by Crippen LogP contribution is 2.29. The van der Waals surface area contributed by atoms with Gasteiger partial charge in [-0.25, -0.2) is 0 Å². The van der Waals surface area contributed by atoms with Gasteiger partial charge in [0.1, 0.15) is 5.75 Å². The van der Waals surface area contributed by atoms with E-state index in [1.807, 2.05) is 18.2 Å². The summed E-state index contributed by atoms with van der Waals surface area (Å²) in [5.41, 5.74) is 3.74. The lowest BCUT2D eigenvalue weighted by Crippen LogP contribution is -2.04. The van der Waals surface area contributed by atoms with Crippen LogP contribution in [0, 0.1) is 0 Å². The van der Waals surface area contributed by atoms with E-state index in [2.05, 4.69) is 25.1 Å². The third-order valence-electron chi connectivity index (χ3n) is 4.59. The van der Waals surface area contributed by atoms with Crippen LogP contribution in [0.5, 0.6) is 5.75 Å². The number of benzene rings is 1. The van der Waals surface area contributed by atoms with Crippen LogP contribution in [0.4, 0.5) is 0 Å². The van der Waals surface area contributed by atoms with Crippen LogP contribution in [0.1, 0.15) is 50.7 Å². The summed E-state index contributed by atoms with van der Waals surface area (Å²) in [6, 6.07) is 8.01. The van der Waals surface area contributed by atoms with E-state index in [9.17, 15) is 5.11 Å². The molecule has 0 heterocycles. The summed E-state index contributed by atoms with van der Waals surface area (Å²) < 4.78 is 10.9. The van der Waals surface area contributed by atoms with Gasteiger partial charge in [0.2, 0.25) is 0 Å². The monoisotopic (exact) mass is 316 g/mol. The van der Waals surface area contributed by atoms with Crippen LogP contribution >= 0.6 is 0 Å². The van der Waals surface area contributed by atoms with E-state index in [0.29, 0.717) is 0 Å². The van der Waals surface area contributed by atoms with Crippen molar-refractivity contribution < 1.29 is 14.6 Å². The van der Waals surface area contributed by atoms with E-state index < -0.39 is 0 Å². The molecule has 2 atom stereocenters. The maximum atomic E-state index is 9.93. The van der Waals surface area contributed by atoms with Crippen LogP contribution in [0.3, 0.4) is 0 Å². The first-order valence-corrected chi connectivity index (χ1v) is 8.34. The molecular formula is C20H28O3. The van der Waals surface area contributed by atoms with Crippen LogP contribution < -0.4 is 4.74 Å². The molecule has 1 aliphatic rings. The second-order valence-electron chi connectivity index (χ2n) is 6.11. The van der Waals surface area contributed by atoms with Crippen LogP contribution in [-0.4, -0.2) is 25.4 Å². The Hall–Kier alpha value is -1.58. The second-order valence-corrected chi connectivity index (χ2v) is 6.11. The van der Waals surface area contributed by atoms with Gasteiger partial charge >= 0.3 is 0 Å². The van der Waals surface area contributed by atoms with Crippen LogP contribution in [0.2, 0.25) is 0 Å². The van der Waals surface area contributed by atoms with Gasteiger partial charge in [-0.05, 0) is 62.3 Å². The Bertz CT molecular complexity index is 560. The first-order valence-electron chi connectivity index (χ1n) is 8.34. The van der Waals surface area contributed by atoms with Crippen molar-refractivity contribution in [2.75, 3.05) is 14.2 Å². The molecule has 0 saturated heterocycles. The van der Waals surface area contributed by atoms with Gasteiger partial charge in [-0.1, -0.05) is 29.9 Å². The lowest BCUT2D eigenvalue weighted by atomic mass is 10.0. The normalized spacial score (nSPS) is 19.6. The highest BCUT2D eigenvalue weighted by atomic mass is 16.5. The SMILES string of the molecule is COc1cccc(C(C/C=C/CCC2=C(C)CCC2O)OC)c1. The summed E-state index contributed by atoms with van der Waals surface area (Å²) in [4.78, 5) is 0. The van der Waals surface area contributed by atoms with Crippen molar-refractivity contribution >= 4 is 0 Å². The molecule has 23 heavy (non-hydrogen) atoms. The van der Waals surface area contributed by atoms with Crippen LogP contribution in [0.15, 0.2) is 47.6 Å². The standard InChI is InChI=1S/C20H28O3/c1-15-12-13-19(21)18(15)10-5-4-6-11-20(23-3)16-8-7-9-17(14-16)22-2/h4,6-9,14,19-21H,5,10-13H2,1-3H3/b6-4+. The molecule has 0 saturated carbocycles. The van der Waals surface area contributed by atoms with E-state index in [0.717, 1.165) is 43.4 Å². The molecule has 1 aliphatic carbocycles. The Morgan fingerprint density at radius 3 is 2.78 bits per heavy atom. The summed E-state index contributed by atoms with van der Waals surface area (Å²) in [6.07, 6.45) is 8.89. The zero-order valence-corrected chi connectivity index (χ0v) is 14.4. The third-order valence-corrected chi connectivity index (χ3v) is 4.59. The molecular weight excluding hydrogens is 288 g/mol. The lowest BCUT2D eigenvalue weighted by molar-refractivity contribution is 0.106. The van der Waals surface area contributed by atoms with Crippen LogP contribution in [0.25, 0.3) is 0 Å². The highest BCUT2D eigenvalue weighted by molar-refractivity contribution is 5.30. The molecule has 0 aliphatic heterocycles. The smallest absolute Gasteiger partial charge is 0.119 e. The predicted molar refractivity (Wildman–Crippen MR) is 93.7 cm³/mol. The molecule has 0 aromatic heterocycles. The van der Waals surface area contributed by atoms with Crippen LogP contribution in [-0.2, 0) is 4.74 Å². The fourth-order valence-electron chi connectivity index (χ4n) is 3.14. The average Bonchev–Trinajstić information content (AvgIpc) is 2.89. The fourth-order valence-corrected chi connectivity index (χ4v) is 3.14. The van der Waals surface area contributed by atoms with Crippen molar-refractivity contribution in [2.45, 2.75) is 51.2 Å². The van der Waals surface area contributed by atoms with E-state index in [4.69, 9.17) is 9.47 Å². The minimum absolute atomic E-state index is 0.0411. The molecule has 3 heteroatoms. The zero-order valence-electron chi connectivity index (χ0n) is 14.4. The van der Waals surface area contributed by atoms with Crippen molar-refractivity contribution in [1.82, 2.24) is 0 Å². The molecule has 0 radical (unpaired) electrons. The molecule has 1 aromatic carbocycles. The zero-order chi connectivity index (χ0) is 16.7. The Labute approximate surface area is 139 Å². The maximum absolute atomic E-state index is 9.93. The molecule has 0 spiro atoms. The molecule has 0 amide bonds. The number of methoxy groups -OCH3 is 2. The van der Waals surface area contributed by atoms with Crippen molar-refractivity contribution in [3.05, 3.63) is 53.1 Å². The summed E-state index contributed by atoms with van der Waals surface area (Å²) >= 11 is 0. The van der Waals surface area contributed by atoms with Gasteiger partial charge in [0.05, 0.1) is 19.3 Å².